The van der Waals surface area contributed by atoms with Crippen molar-refractivity contribution in [1.29, 1.82) is 0 Å². The van der Waals surface area contributed by atoms with E-state index in [2.05, 4.69) is 4.98 Å². The van der Waals surface area contributed by atoms with E-state index in [4.69, 9.17) is 18.9 Å². The van der Waals surface area contributed by atoms with Crippen LogP contribution in [0.15, 0.2) is 34.0 Å². The van der Waals surface area contributed by atoms with Crippen molar-refractivity contribution < 1.29 is 38.7 Å². The Morgan fingerprint density at radius 3 is 2.53 bits per heavy atom. The van der Waals surface area contributed by atoms with Gasteiger partial charge >= 0.3 is 17.6 Å². The Hall–Kier alpha value is -3.64. The average molecular weight is 450 g/mol. The number of nitrogens with one attached hydrogen (secondary N) is 1. The van der Waals surface area contributed by atoms with E-state index < -0.39 is 54.3 Å². The van der Waals surface area contributed by atoms with Gasteiger partial charge in [0.05, 0.1) is 13.7 Å². The van der Waals surface area contributed by atoms with E-state index in [1.54, 1.807) is 6.92 Å². The predicted molar refractivity (Wildman–Crippen MR) is 106 cm³/mol. The second-order valence-corrected chi connectivity index (χ2v) is 7.05. The second-order valence-electron chi connectivity index (χ2n) is 7.05. The van der Waals surface area contributed by atoms with Gasteiger partial charge in [-0.05, 0) is 18.6 Å². The van der Waals surface area contributed by atoms with Crippen molar-refractivity contribution in [2.24, 2.45) is 0 Å². The lowest BCUT2D eigenvalue weighted by molar-refractivity contribution is -0.156. The second kappa shape index (κ2) is 9.24. The number of phenolic OH excluding ortho intramolecular Hbond substituents is 1. The minimum atomic E-state index is -1.32. The van der Waals surface area contributed by atoms with Gasteiger partial charge in [-0.25, -0.2) is 9.59 Å². The van der Waals surface area contributed by atoms with Crippen molar-refractivity contribution in [2.75, 3.05) is 13.7 Å². The molecule has 1 aromatic heterocycles. The van der Waals surface area contributed by atoms with Crippen LogP contribution in [0, 0.1) is 6.92 Å². The Kier molecular flexibility index (Phi) is 6.65. The van der Waals surface area contributed by atoms with Crippen LogP contribution in [-0.4, -0.2) is 63.7 Å². The largest absolute Gasteiger partial charge is 0.508 e. The molecule has 172 valence electrons. The zero-order valence-corrected chi connectivity index (χ0v) is 17.4. The monoisotopic (exact) mass is 450 g/mol. The summed E-state index contributed by atoms with van der Waals surface area (Å²) in [5, 5.41) is 19.5. The highest BCUT2D eigenvalue weighted by Crippen LogP contribution is 2.35. The molecule has 0 radical (unpaired) electrons. The van der Waals surface area contributed by atoms with Gasteiger partial charge in [-0.2, -0.15) is 0 Å². The molecule has 4 atom stereocenters. The molecule has 2 aromatic rings. The predicted octanol–water partition coefficient (Wildman–Crippen LogP) is -0.394. The molecule has 0 aliphatic carbocycles. The summed E-state index contributed by atoms with van der Waals surface area (Å²) in [5.41, 5.74) is -1.14. The molecule has 32 heavy (non-hydrogen) atoms. The number of aromatic amines is 1. The van der Waals surface area contributed by atoms with E-state index in [0.29, 0.717) is 5.56 Å². The molecular weight excluding hydrogens is 428 g/mol. The molecule has 3 N–H and O–H groups in total. The van der Waals surface area contributed by atoms with Crippen LogP contribution in [0.25, 0.3) is 0 Å². The number of esters is 2. The molecule has 0 bridgehead atoms. The highest BCUT2D eigenvalue weighted by atomic mass is 16.6. The summed E-state index contributed by atoms with van der Waals surface area (Å²) < 4.78 is 22.6. The minimum absolute atomic E-state index is 0.00761. The molecule has 1 fully saturated rings. The van der Waals surface area contributed by atoms with Crippen LogP contribution in [0.5, 0.6) is 11.5 Å². The molecule has 1 aromatic carbocycles. The Labute approximate surface area is 180 Å². The maximum absolute atomic E-state index is 13.0. The number of carbonyl (C=O) groups excluding carboxylic acids is 2. The number of methoxy groups -OCH3 is 1. The number of aliphatic hydroxyl groups excluding tert-OH is 1. The standard InChI is InChI=1S/C20H22N2O10/c1-9-6-11(25)7-12(29-3)15(9)19(27)32-16-13(8-23)31-18(17(16)30-10(2)24)22-5-4-14(26)21-20(22)28/h4-7,13,16-18,23,25H,8H2,1-3H3,(H,21,26,28)/t13-,16+,17-,18-/m0/s1. The fourth-order valence-electron chi connectivity index (χ4n) is 3.51. The Morgan fingerprint density at radius 1 is 1.22 bits per heavy atom. The molecule has 2 heterocycles. The number of aromatic nitrogens is 2. The summed E-state index contributed by atoms with van der Waals surface area (Å²) in [7, 11) is 1.31. The third-order valence-corrected chi connectivity index (χ3v) is 4.84. The van der Waals surface area contributed by atoms with E-state index in [1.807, 2.05) is 0 Å². The zero-order valence-electron chi connectivity index (χ0n) is 17.4. The SMILES string of the molecule is COc1cc(O)cc(C)c1C(=O)O[C@H]1[C@H](OC(C)=O)[C@@H](n2ccc(=O)[nH]c2=O)O[C@H]1CO. The first-order valence-electron chi connectivity index (χ1n) is 9.49. The smallest absolute Gasteiger partial charge is 0.342 e. The molecule has 3 rings (SSSR count). The third-order valence-electron chi connectivity index (χ3n) is 4.84. The molecule has 0 amide bonds. The van der Waals surface area contributed by atoms with Gasteiger partial charge in [0, 0.05) is 25.3 Å². The summed E-state index contributed by atoms with van der Waals surface area (Å²) in [4.78, 5) is 50.4. The maximum Gasteiger partial charge on any atom is 0.342 e. The summed E-state index contributed by atoms with van der Waals surface area (Å²) in [6, 6.07) is 3.62. The number of nitrogens with zero attached hydrogens (tertiary/aromatic N) is 1. The lowest BCUT2D eigenvalue weighted by atomic mass is 10.1. The molecule has 0 unspecified atom stereocenters. The summed E-state index contributed by atoms with van der Waals surface area (Å²) in [6.45, 7) is 2.04. The number of aromatic hydroxyl groups is 1. The van der Waals surface area contributed by atoms with Crippen LogP contribution in [0.2, 0.25) is 0 Å². The number of aryl methyl sites for hydroxylation is 1. The first kappa shape index (κ1) is 23.0. The zero-order chi connectivity index (χ0) is 23.6. The Morgan fingerprint density at radius 2 is 1.94 bits per heavy atom. The van der Waals surface area contributed by atoms with Crippen molar-refractivity contribution in [2.45, 2.75) is 38.4 Å². The fraction of sp³-hybridized carbons (Fsp3) is 0.400. The van der Waals surface area contributed by atoms with Crippen molar-refractivity contribution in [3.8, 4) is 11.5 Å². The van der Waals surface area contributed by atoms with Gasteiger partial charge in [0.25, 0.3) is 5.56 Å². The van der Waals surface area contributed by atoms with E-state index in [9.17, 15) is 29.4 Å². The van der Waals surface area contributed by atoms with Gasteiger partial charge in [0.15, 0.2) is 18.4 Å². The van der Waals surface area contributed by atoms with Gasteiger partial charge < -0.3 is 29.2 Å². The lowest BCUT2D eigenvalue weighted by Gasteiger charge is -2.24. The van der Waals surface area contributed by atoms with E-state index in [0.717, 1.165) is 23.8 Å². The minimum Gasteiger partial charge on any atom is -0.508 e. The maximum atomic E-state index is 13.0. The molecule has 12 heteroatoms. The number of H-pyrrole nitrogens is 1. The molecule has 1 aliphatic heterocycles. The lowest BCUT2D eigenvalue weighted by Crippen LogP contribution is -2.42. The molecule has 1 saturated heterocycles. The summed E-state index contributed by atoms with van der Waals surface area (Å²) in [6.07, 6.45) is -3.94. The van der Waals surface area contributed by atoms with Crippen molar-refractivity contribution in [3.05, 3.63) is 56.4 Å². The number of aliphatic hydroxyl groups is 1. The highest BCUT2D eigenvalue weighted by Gasteiger charge is 2.50. The average Bonchev–Trinajstić information content (AvgIpc) is 3.03. The highest BCUT2D eigenvalue weighted by molar-refractivity contribution is 5.94. The van der Waals surface area contributed by atoms with Crippen molar-refractivity contribution in [1.82, 2.24) is 9.55 Å². The van der Waals surface area contributed by atoms with Gasteiger partial charge in [-0.1, -0.05) is 0 Å². The van der Waals surface area contributed by atoms with Crippen molar-refractivity contribution in [3.63, 3.8) is 0 Å². The fourth-order valence-corrected chi connectivity index (χ4v) is 3.51. The van der Waals surface area contributed by atoms with Crippen LogP contribution in [0.3, 0.4) is 0 Å². The molecule has 1 aliphatic rings. The number of hydrogen-bond donors (Lipinski definition) is 3. The van der Waals surface area contributed by atoms with Crippen LogP contribution >= 0.6 is 0 Å². The van der Waals surface area contributed by atoms with E-state index >= 15 is 0 Å². The number of phenols is 1. The Balaban J connectivity index is 2.00. The van der Waals surface area contributed by atoms with Crippen LogP contribution in [0.4, 0.5) is 0 Å². The molecule has 0 spiro atoms. The van der Waals surface area contributed by atoms with Gasteiger partial charge in [0.1, 0.15) is 23.2 Å². The quantitative estimate of drug-likeness (QED) is 0.493. The molecule has 12 nitrogen and oxygen atoms in total. The van der Waals surface area contributed by atoms with E-state index in [1.165, 1.54) is 19.2 Å². The number of rotatable bonds is 6. The van der Waals surface area contributed by atoms with Crippen LogP contribution in [-0.2, 0) is 19.0 Å². The summed E-state index contributed by atoms with van der Waals surface area (Å²) >= 11 is 0. The summed E-state index contributed by atoms with van der Waals surface area (Å²) in [5.74, 6) is -1.72. The Bertz CT molecular complexity index is 1140. The topological polar surface area (TPSA) is 166 Å². The van der Waals surface area contributed by atoms with Gasteiger partial charge in [-0.3, -0.25) is 19.1 Å². The van der Waals surface area contributed by atoms with E-state index in [-0.39, 0.29) is 17.1 Å². The number of hydrogen-bond acceptors (Lipinski definition) is 10. The van der Waals surface area contributed by atoms with Crippen molar-refractivity contribution >= 4 is 11.9 Å². The number of carbonyl (C=O) groups is 2. The normalized spacial score (nSPS) is 22.4. The first-order chi connectivity index (χ1) is 15.2. The number of ether oxygens (including phenoxy) is 4. The molecule has 0 saturated carbocycles. The van der Waals surface area contributed by atoms with Crippen LogP contribution in [0.1, 0.15) is 29.1 Å². The van der Waals surface area contributed by atoms with Gasteiger partial charge in [0.2, 0.25) is 0 Å². The van der Waals surface area contributed by atoms with Gasteiger partial charge in [-0.15, -0.1) is 0 Å². The number of benzene rings is 1. The molecular formula is C20H22N2O10. The first-order valence-corrected chi connectivity index (χ1v) is 9.49. The van der Waals surface area contributed by atoms with Crippen LogP contribution < -0.4 is 16.0 Å². The third kappa shape index (κ3) is 4.50.